The van der Waals surface area contributed by atoms with Gasteiger partial charge in [0.15, 0.2) is 0 Å². The van der Waals surface area contributed by atoms with E-state index in [-0.39, 0.29) is 12.5 Å². The van der Waals surface area contributed by atoms with Crippen LogP contribution < -0.4 is 0 Å². The summed E-state index contributed by atoms with van der Waals surface area (Å²) in [5.41, 5.74) is 1.52. The molecule has 0 aromatic heterocycles. The van der Waals surface area contributed by atoms with Crippen LogP contribution in [0.3, 0.4) is 0 Å². The molecule has 4 heteroatoms. The van der Waals surface area contributed by atoms with Crippen molar-refractivity contribution in [1.82, 2.24) is 9.80 Å². The van der Waals surface area contributed by atoms with E-state index in [0.717, 1.165) is 31.5 Å². The number of likely N-dealkylation sites (N-methyl/N-ethyl adjacent to an activating group) is 1. The van der Waals surface area contributed by atoms with Crippen LogP contribution in [0.1, 0.15) is 28.8 Å². The molecule has 1 heterocycles. The van der Waals surface area contributed by atoms with Crippen LogP contribution in [0.25, 0.3) is 0 Å². The highest BCUT2D eigenvalue weighted by atomic mass is 16.2. The number of aliphatic hydroxyl groups is 1. The summed E-state index contributed by atoms with van der Waals surface area (Å²) in [6, 6.07) is 7.59. The molecule has 4 nitrogen and oxygen atoms in total. The van der Waals surface area contributed by atoms with Crippen molar-refractivity contribution in [1.29, 1.82) is 0 Å². The number of likely N-dealkylation sites (tertiary alicyclic amines) is 1. The number of hydrogen-bond donors (Lipinski definition) is 1. The van der Waals surface area contributed by atoms with Crippen LogP contribution in [-0.4, -0.2) is 60.6 Å². The van der Waals surface area contributed by atoms with E-state index in [1.165, 1.54) is 0 Å². The third kappa shape index (κ3) is 4.07. The number of aliphatic hydroxyl groups excluding tert-OH is 1. The summed E-state index contributed by atoms with van der Waals surface area (Å²) >= 11 is 0. The van der Waals surface area contributed by atoms with Gasteiger partial charge >= 0.3 is 0 Å². The summed E-state index contributed by atoms with van der Waals surface area (Å²) in [6.45, 7) is 1.59. The number of benzene rings is 1. The molecular weight excluding hydrogens is 264 g/mol. The molecule has 1 amide bonds. The van der Waals surface area contributed by atoms with Gasteiger partial charge in [-0.25, -0.2) is 0 Å². The second-order valence-corrected chi connectivity index (χ2v) is 5.59. The highest BCUT2D eigenvalue weighted by Crippen LogP contribution is 2.20. The van der Waals surface area contributed by atoms with E-state index in [1.807, 2.05) is 43.3 Å². The highest BCUT2D eigenvalue weighted by Gasteiger charge is 2.29. The summed E-state index contributed by atoms with van der Waals surface area (Å²) in [6.07, 6.45) is 2.15. The average molecular weight is 286 g/mol. The molecule has 0 saturated carbocycles. The fourth-order valence-electron chi connectivity index (χ4n) is 2.72. The maximum Gasteiger partial charge on any atom is 0.254 e. The van der Waals surface area contributed by atoms with E-state index in [2.05, 4.69) is 16.7 Å². The molecule has 1 aliphatic rings. The normalized spacial score (nSPS) is 17.7. The lowest BCUT2D eigenvalue weighted by atomic mass is 10.1. The molecule has 1 unspecified atom stereocenters. The summed E-state index contributed by atoms with van der Waals surface area (Å²) in [5.74, 6) is 5.53. The van der Waals surface area contributed by atoms with E-state index in [4.69, 9.17) is 5.11 Å². The molecule has 0 bridgehead atoms. The Morgan fingerprint density at radius 2 is 2.10 bits per heavy atom. The van der Waals surface area contributed by atoms with Gasteiger partial charge in [-0.3, -0.25) is 4.79 Å². The minimum Gasteiger partial charge on any atom is -0.384 e. The molecular formula is C17H22N2O2. The predicted octanol–water partition coefficient (Wildman–Crippen LogP) is 1.20. The number of amides is 1. The number of nitrogens with zero attached hydrogens (tertiary/aromatic N) is 2. The molecule has 0 aliphatic carbocycles. The molecule has 1 aromatic carbocycles. The van der Waals surface area contributed by atoms with Crippen LogP contribution in [-0.2, 0) is 0 Å². The third-order valence-corrected chi connectivity index (χ3v) is 3.66. The fourth-order valence-corrected chi connectivity index (χ4v) is 2.72. The molecule has 2 rings (SSSR count). The Kier molecular flexibility index (Phi) is 5.38. The van der Waals surface area contributed by atoms with Gasteiger partial charge in [0.1, 0.15) is 6.61 Å². The zero-order chi connectivity index (χ0) is 15.2. The standard InChI is InChI=1S/C17H22N2O2/c1-18(2)13-16-6-3-11-19(16)17(21)15-9-7-14(8-10-15)5-4-12-20/h7-10,16,20H,3,6,11-13H2,1-2H3. The largest absolute Gasteiger partial charge is 0.384 e. The lowest BCUT2D eigenvalue weighted by Gasteiger charge is -2.27. The smallest absolute Gasteiger partial charge is 0.254 e. The van der Waals surface area contributed by atoms with E-state index >= 15 is 0 Å². The quantitative estimate of drug-likeness (QED) is 0.849. The minimum absolute atomic E-state index is 0.0982. The van der Waals surface area contributed by atoms with E-state index in [1.54, 1.807) is 0 Å². The van der Waals surface area contributed by atoms with E-state index < -0.39 is 0 Å². The molecule has 1 N–H and O–H groups in total. The van der Waals surface area contributed by atoms with Crippen molar-refractivity contribution in [2.45, 2.75) is 18.9 Å². The van der Waals surface area contributed by atoms with Crippen molar-refractivity contribution >= 4 is 5.91 Å². The van der Waals surface area contributed by atoms with Crippen molar-refractivity contribution in [3.63, 3.8) is 0 Å². The van der Waals surface area contributed by atoms with Crippen LogP contribution >= 0.6 is 0 Å². The van der Waals surface area contributed by atoms with Gasteiger partial charge in [-0.1, -0.05) is 11.8 Å². The van der Waals surface area contributed by atoms with Crippen molar-refractivity contribution in [3.05, 3.63) is 35.4 Å². The summed E-state index contributed by atoms with van der Waals surface area (Å²) in [5, 5.41) is 8.68. The Balaban J connectivity index is 2.08. The van der Waals surface area contributed by atoms with Crippen molar-refractivity contribution in [2.75, 3.05) is 33.8 Å². The fraction of sp³-hybridized carbons (Fsp3) is 0.471. The van der Waals surface area contributed by atoms with Crippen LogP contribution in [0.15, 0.2) is 24.3 Å². The van der Waals surface area contributed by atoms with Gasteiger partial charge < -0.3 is 14.9 Å². The monoisotopic (exact) mass is 286 g/mol. The first-order valence-corrected chi connectivity index (χ1v) is 7.27. The third-order valence-electron chi connectivity index (χ3n) is 3.66. The number of carbonyl (C=O) groups excluding carboxylic acids is 1. The van der Waals surface area contributed by atoms with Crippen LogP contribution in [0.5, 0.6) is 0 Å². The van der Waals surface area contributed by atoms with Gasteiger partial charge in [0, 0.05) is 30.3 Å². The maximum absolute atomic E-state index is 12.6. The van der Waals surface area contributed by atoms with Gasteiger partial charge in [0.2, 0.25) is 0 Å². The highest BCUT2D eigenvalue weighted by molar-refractivity contribution is 5.94. The van der Waals surface area contributed by atoms with Crippen LogP contribution in [0, 0.1) is 11.8 Å². The second-order valence-electron chi connectivity index (χ2n) is 5.59. The maximum atomic E-state index is 12.6. The molecule has 1 aliphatic heterocycles. The van der Waals surface area contributed by atoms with Gasteiger partial charge in [0.05, 0.1) is 0 Å². The van der Waals surface area contributed by atoms with Gasteiger partial charge in [-0.2, -0.15) is 0 Å². The summed E-state index contributed by atoms with van der Waals surface area (Å²) in [4.78, 5) is 16.7. The Morgan fingerprint density at radius 1 is 1.38 bits per heavy atom. The lowest BCUT2D eigenvalue weighted by molar-refractivity contribution is 0.0716. The van der Waals surface area contributed by atoms with Gasteiger partial charge in [-0.05, 0) is 51.2 Å². The van der Waals surface area contributed by atoms with Crippen LogP contribution in [0.2, 0.25) is 0 Å². The Morgan fingerprint density at radius 3 is 2.71 bits per heavy atom. The predicted molar refractivity (Wildman–Crippen MR) is 83.0 cm³/mol. The first-order valence-electron chi connectivity index (χ1n) is 7.27. The van der Waals surface area contributed by atoms with Crippen molar-refractivity contribution in [3.8, 4) is 11.8 Å². The number of carbonyl (C=O) groups is 1. The summed E-state index contributed by atoms with van der Waals surface area (Å²) in [7, 11) is 4.07. The average Bonchev–Trinajstić information content (AvgIpc) is 2.92. The minimum atomic E-state index is -0.152. The van der Waals surface area contributed by atoms with Crippen molar-refractivity contribution in [2.24, 2.45) is 0 Å². The number of rotatable bonds is 3. The van der Waals surface area contributed by atoms with Crippen LogP contribution in [0.4, 0.5) is 0 Å². The Bertz CT molecular complexity index is 540. The zero-order valence-corrected chi connectivity index (χ0v) is 12.7. The number of hydrogen-bond acceptors (Lipinski definition) is 3. The molecule has 112 valence electrons. The van der Waals surface area contributed by atoms with E-state index in [9.17, 15) is 4.79 Å². The molecule has 0 spiro atoms. The Labute approximate surface area is 126 Å². The zero-order valence-electron chi connectivity index (χ0n) is 12.7. The second kappa shape index (κ2) is 7.26. The molecule has 21 heavy (non-hydrogen) atoms. The molecule has 1 saturated heterocycles. The lowest BCUT2D eigenvalue weighted by Crippen LogP contribution is -2.41. The molecule has 1 atom stereocenters. The SMILES string of the molecule is CN(C)CC1CCCN1C(=O)c1ccc(C#CCO)cc1. The van der Waals surface area contributed by atoms with Gasteiger partial charge in [0.25, 0.3) is 5.91 Å². The van der Waals surface area contributed by atoms with Crippen molar-refractivity contribution < 1.29 is 9.90 Å². The first-order chi connectivity index (χ1) is 10.1. The first kappa shape index (κ1) is 15.6. The Hall–Kier alpha value is -1.83. The topological polar surface area (TPSA) is 43.8 Å². The van der Waals surface area contributed by atoms with E-state index in [0.29, 0.717) is 11.6 Å². The van der Waals surface area contributed by atoms with Gasteiger partial charge in [-0.15, -0.1) is 0 Å². The summed E-state index contributed by atoms with van der Waals surface area (Å²) < 4.78 is 0. The molecule has 1 aromatic rings. The molecule has 0 radical (unpaired) electrons. The molecule has 1 fully saturated rings.